The molecule has 5 nitrogen and oxygen atoms in total. The zero-order valence-electron chi connectivity index (χ0n) is 17.1. The molecular formula is C22H26ClFN2O3S2. The number of benzene rings is 2. The van der Waals surface area contributed by atoms with Crippen molar-refractivity contribution in [2.75, 3.05) is 25.4 Å². The van der Waals surface area contributed by atoms with Crippen LogP contribution >= 0.6 is 23.4 Å². The number of thioether (sulfide) groups is 1. The van der Waals surface area contributed by atoms with Crippen molar-refractivity contribution in [3.05, 3.63) is 70.5 Å². The van der Waals surface area contributed by atoms with E-state index in [-0.39, 0.29) is 23.4 Å². The van der Waals surface area contributed by atoms with Crippen molar-refractivity contribution < 1.29 is 17.6 Å². The molecule has 1 aliphatic rings. The van der Waals surface area contributed by atoms with Crippen LogP contribution in [0.5, 0.6) is 0 Å². The molecule has 0 bridgehead atoms. The van der Waals surface area contributed by atoms with Crippen LogP contribution in [0.3, 0.4) is 0 Å². The zero-order valence-corrected chi connectivity index (χ0v) is 19.5. The fourth-order valence-electron chi connectivity index (χ4n) is 3.47. The number of carbonyl (C=O) groups excluding carboxylic acids is 1. The van der Waals surface area contributed by atoms with Crippen LogP contribution in [0.2, 0.25) is 5.02 Å². The van der Waals surface area contributed by atoms with Gasteiger partial charge in [0.2, 0.25) is 15.9 Å². The highest BCUT2D eigenvalue weighted by Gasteiger charge is 2.31. The van der Waals surface area contributed by atoms with E-state index in [0.29, 0.717) is 60.1 Å². The van der Waals surface area contributed by atoms with Crippen LogP contribution in [-0.4, -0.2) is 44.0 Å². The summed E-state index contributed by atoms with van der Waals surface area (Å²) >= 11 is 7.42. The van der Waals surface area contributed by atoms with Gasteiger partial charge in [-0.3, -0.25) is 4.79 Å². The monoisotopic (exact) mass is 484 g/mol. The molecule has 1 aliphatic heterocycles. The van der Waals surface area contributed by atoms with Crippen molar-refractivity contribution in [3.63, 3.8) is 0 Å². The average Bonchev–Trinajstić information content (AvgIpc) is 2.76. The molecule has 0 unspecified atom stereocenters. The van der Waals surface area contributed by atoms with E-state index in [1.54, 1.807) is 48.2 Å². The van der Waals surface area contributed by atoms with E-state index in [1.807, 2.05) is 6.07 Å². The molecule has 1 fully saturated rings. The maximum Gasteiger partial charge on any atom is 0.223 e. The number of amides is 1. The lowest BCUT2D eigenvalue weighted by molar-refractivity contribution is -0.125. The molecule has 0 spiro atoms. The first kappa shape index (κ1) is 24.0. The molecule has 0 saturated carbocycles. The Balaban J connectivity index is 1.37. The minimum atomic E-state index is -3.43. The Morgan fingerprint density at radius 1 is 1.13 bits per heavy atom. The van der Waals surface area contributed by atoms with Gasteiger partial charge in [-0.1, -0.05) is 41.9 Å². The quantitative estimate of drug-likeness (QED) is 0.545. The lowest BCUT2D eigenvalue weighted by Gasteiger charge is -2.30. The highest BCUT2D eigenvalue weighted by atomic mass is 35.5. The van der Waals surface area contributed by atoms with Gasteiger partial charge in [0.05, 0.1) is 5.75 Å². The summed E-state index contributed by atoms with van der Waals surface area (Å²) in [6.07, 6.45) is 1.02. The Bertz CT molecular complexity index is 979. The third-order valence-electron chi connectivity index (χ3n) is 5.24. The minimum absolute atomic E-state index is 0.0405. The van der Waals surface area contributed by atoms with Gasteiger partial charge >= 0.3 is 0 Å². The van der Waals surface area contributed by atoms with Gasteiger partial charge in [-0.15, -0.1) is 0 Å². The number of hydrogen-bond donors (Lipinski definition) is 1. The van der Waals surface area contributed by atoms with Crippen LogP contribution in [0.4, 0.5) is 4.39 Å². The topological polar surface area (TPSA) is 66.5 Å². The lowest BCUT2D eigenvalue weighted by Crippen LogP contribution is -2.43. The molecule has 2 aromatic rings. The molecule has 168 valence electrons. The molecular weight excluding hydrogens is 459 g/mol. The second-order valence-electron chi connectivity index (χ2n) is 7.49. The fraction of sp³-hybridized carbons (Fsp3) is 0.409. The largest absolute Gasteiger partial charge is 0.355 e. The lowest BCUT2D eigenvalue weighted by atomic mass is 9.97. The van der Waals surface area contributed by atoms with Gasteiger partial charge in [-0.05, 0) is 42.2 Å². The molecule has 0 aliphatic carbocycles. The molecule has 0 radical (unpaired) electrons. The first-order chi connectivity index (χ1) is 14.8. The Morgan fingerprint density at radius 3 is 2.48 bits per heavy atom. The second kappa shape index (κ2) is 11.3. The zero-order chi connectivity index (χ0) is 22.3. The summed E-state index contributed by atoms with van der Waals surface area (Å²) in [5, 5.41) is 3.49. The van der Waals surface area contributed by atoms with E-state index < -0.39 is 10.0 Å². The molecule has 1 saturated heterocycles. The molecule has 31 heavy (non-hydrogen) atoms. The number of halogens is 2. The molecule has 0 atom stereocenters. The predicted molar refractivity (Wildman–Crippen MR) is 124 cm³/mol. The van der Waals surface area contributed by atoms with Gasteiger partial charge in [-0.25, -0.2) is 17.1 Å². The number of sulfonamides is 1. The minimum Gasteiger partial charge on any atom is -0.355 e. The number of nitrogens with zero attached hydrogens (tertiary/aromatic N) is 1. The van der Waals surface area contributed by atoms with E-state index in [9.17, 15) is 17.6 Å². The van der Waals surface area contributed by atoms with E-state index in [1.165, 1.54) is 10.4 Å². The van der Waals surface area contributed by atoms with Gasteiger partial charge in [0, 0.05) is 42.1 Å². The summed E-state index contributed by atoms with van der Waals surface area (Å²) in [6.45, 7) is 1.19. The van der Waals surface area contributed by atoms with Gasteiger partial charge < -0.3 is 5.32 Å². The standard InChI is InChI=1S/C22H26ClFN2O3S2/c23-20-7-5-17(6-8-20)16-31(28,29)26-12-9-18(10-13-26)22(27)25-11-14-30-15-19-3-1-2-4-21(19)24/h1-8,18H,9-16H2,(H,25,27). The normalized spacial score (nSPS) is 15.7. The maximum atomic E-state index is 13.6. The number of rotatable bonds is 9. The first-order valence-electron chi connectivity index (χ1n) is 10.2. The third-order valence-corrected chi connectivity index (χ3v) is 8.35. The van der Waals surface area contributed by atoms with Crippen molar-refractivity contribution in [2.24, 2.45) is 5.92 Å². The van der Waals surface area contributed by atoms with Crippen LogP contribution in [0.25, 0.3) is 0 Å². The van der Waals surface area contributed by atoms with Crippen LogP contribution in [-0.2, 0) is 26.3 Å². The summed E-state index contributed by atoms with van der Waals surface area (Å²) in [5.41, 5.74) is 1.35. The Labute approximate surface area is 192 Å². The molecule has 1 heterocycles. The summed E-state index contributed by atoms with van der Waals surface area (Å²) in [7, 11) is -3.43. The first-order valence-corrected chi connectivity index (χ1v) is 13.3. The van der Waals surface area contributed by atoms with Crippen molar-refractivity contribution in [1.29, 1.82) is 0 Å². The summed E-state index contributed by atoms with van der Waals surface area (Å²) in [5.74, 6) is 0.748. The second-order valence-corrected chi connectivity index (χ2v) is 11.0. The summed E-state index contributed by atoms with van der Waals surface area (Å²) in [4.78, 5) is 12.4. The van der Waals surface area contributed by atoms with Crippen LogP contribution in [0.15, 0.2) is 48.5 Å². The van der Waals surface area contributed by atoms with E-state index >= 15 is 0 Å². The van der Waals surface area contributed by atoms with Crippen LogP contribution in [0, 0.1) is 11.7 Å². The molecule has 1 N–H and O–H groups in total. The number of hydrogen-bond acceptors (Lipinski definition) is 4. The Hall–Kier alpha value is -1.61. The summed E-state index contributed by atoms with van der Waals surface area (Å²) in [6, 6.07) is 13.5. The van der Waals surface area contributed by atoms with Crippen molar-refractivity contribution >= 4 is 39.3 Å². The fourth-order valence-corrected chi connectivity index (χ4v) is 6.00. The van der Waals surface area contributed by atoms with Crippen molar-refractivity contribution in [2.45, 2.75) is 24.3 Å². The highest BCUT2D eigenvalue weighted by Crippen LogP contribution is 2.22. The highest BCUT2D eigenvalue weighted by molar-refractivity contribution is 7.98. The van der Waals surface area contributed by atoms with Gasteiger partial charge in [0.15, 0.2) is 0 Å². The number of nitrogens with one attached hydrogen (secondary N) is 1. The van der Waals surface area contributed by atoms with E-state index in [2.05, 4.69) is 5.32 Å². The van der Waals surface area contributed by atoms with E-state index in [0.717, 1.165) is 0 Å². The van der Waals surface area contributed by atoms with Crippen LogP contribution in [0.1, 0.15) is 24.0 Å². The maximum absolute atomic E-state index is 13.6. The van der Waals surface area contributed by atoms with Gasteiger partial charge in [-0.2, -0.15) is 11.8 Å². The van der Waals surface area contributed by atoms with Gasteiger partial charge in [0.1, 0.15) is 5.82 Å². The summed E-state index contributed by atoms with van der Waals surface area (Å²) < 4.78 is 40.4. The van der Waals surface area contributed by atoms with Crippen molar-refractivity contribution in [1.82, 2.24) is 9.62 Å². The van der Waals surface area contributed by atoms with Crippen LogP contribution < -0.4 is 5.32 Å². The number of piperidine rings is 1. The average molecular weight is 485 g/mol. The Morgan fingerprint density at radius 2 is 1.81 bits per heavy atom. The van der Waals surface area contributed by atoms with Crippen molar-refractivity contribution in [3.8, 4) is 0 Å². The molecule has 3 rings (SSSR count). The molecule has 1 amide bonds. The van der Waals surface area contributed by atoms with E-state index in [4.69, 9.17) is 11.6 Å². The predicted octanol–water partition coefficient (Wildman–Crippen LogP) is 4.07. The third kappa shape index (κ3) is 7.20. The molecule has 0 aromatic heterocycles. The van der Waals surface area contributed by atoms with Gasteiger partial charge in [0.25, 0.3) is 0 Å². The molecule has 2 aromatic carbocycles. The SMILES string of the molecule is O=C(NCCSCc1ccccc1F)C1CCN(S(=O)(=O)Cc2ccc(Cl)cc2)CC1. The smallest absolute Gasteiger partial charge is 0.223 e. The Kier molecular flexibility index (Phi) is 8.77. The molecule has 9 heteroatoms. The number of carbonyl (C=O) groups is 1.